The molecule has 0 aliphatic heterocycles. The third kappa shape index (κ3) is 4.87. The van der Waals surface area contributed by atoms with Crippen LogP contribution >= 0.6 is 0 Å². The smallest absolute Gasteiger partial charge is 0.251 e. The van der Waals surface area contributed by atoms with Crippen LogP contribution in [-0.4, -0.2) is 25.7 Å². The number of ether oxygens (including phenoxy) is 2. The highest BCUT2D eigenvalue weighted by Crippen LogP contribution is 2.29. The Labute approximate surface area is 182 Å². The first kappa shape index (κ1) is 20.5. The molecule has 3 aromatic carbocycles. The molecule has 1 N–H and O–H groups in total. The van der Waals surface area contributed by atoms with Crippen molar-refractivity contribution in [3.8, 4) is 17.6 Å². The van der Waals surface area contributed by atoms with Gasteiger partial charge < -0.3 is 14.8 Å². The van der Waals surface area contributed by atoms with Crippen molar-refractivity contribution in [2.75, 3.05) is 13.7 Å². The summed E-state index contributed by atoms with van der Waals surface area (Å²) in [5.41, 5.74) is 4.79. The summed E-state index contributed by atoms with van der Waals surface area (Å²) in [6, 6.07) is 23.2. The average molecular weight is 412 g/mol. The monoisotopic (exact) mass is 412 g/mol. The van der Waals surface area contributed by atoms with Gasteiger partial charge in [0, 0.05) is 18.0 Å². The number of nitrogens with one attached hydrogen (secondary N) is 1. The lowest BCUT2D eigenvalue weighted by molar-refractivity contribution is 0.0938. The van der Waals surface area contributed by atoms with Gasteiger partial charge in [0.1, 0.15) is 0 Å². The highest BCUT2D eigenvalue weighted by atomic mass is 16.5. The van der Waals surface area contributed by atoms with E-state index in [0.29, 0.717) is 35.7 Å². The minimum absolute atomic E-state index is 0.101. The molecule has 0 radical (unpaired) electrons. The Morgan fingerprint density at radius 2 is 1.81 bits per heavy atom. The van der Waals surface area contributed by atoms with E-state index in [1.165, 1.54) is 11.1 Å². The highest BCUT2D eigenvalue weighted by Gasteiger charge is 2.23. The Bertz CT molecular complexity index is 1110. The van der Waals surface area contributed by atoms with Gasteiger partial charge >= 0.3 is 0 Å². The molecule has 1 aliphatic carbocycles. The summed E-state index contributed by atoms with van der Waals surface area (Å²) < 4.78 is 11.3. The van der Waals surface area contributed by atoms with Gasteiger partial charge in [-0.1, -0.05) is 36.4 Å². The normalized spacial score (nSPS) is 12.6. The maximum atomic E-state index is 12.8. The van der Waals surface area contributed by atoms with Crippen LogP contribution in [0.5, 0.6) is 11.5 Å². The molecule has 0 saturated heterocycles. The van der Waals surface area contributed by atoms with Crippen molar-refractivity contribution in [1.82, 2.24) is 5.32 Å². The van der Waals surface area contributed by atoms with E-state index < -0.39 is 0 Å². The van der Waals surface area contributed by atoms with Crippen LogP contribution in [0.3, 0.4) is 0 Å². The molecule has 0 heterocycles. The molecule has 0 spiro atoms. The third-order valence-electron chi connectivity index (χ3n) is 5.52. The first-order valence-corrected chi connectivity index (χ1v) is 10.3. The van der Waals surface area contributed by atoms with Crippen LogP contribution in [0.1, 0.15) is 32.6 Å². The van der Waals surface area contributed by atoms with Crippen LogP contribution in [0, 0.1) is 11.3 Å². The van der Waals surface area contributed by atoms with Crippen LogP contribution in [0.2, 0.25) is 0 Å². The second kappa shape index (κ2) is 9.36. The van der Waals surface area contributed by atoms with Crippen LogP contribution < -0.4 is 14.8 Å². The number of hydrogen-bond acceptors (Lipinski definition) is 4. The van der Waals surface area contributed by atoms with Gasteiger partial charge in [-0.05, 0) is 59.9 Å². The minimum Gasteiger partial charge on any atom is -0.493 e. The van der Waals surface area contributed by atoms with Gasteiger partial charge in [0.05, 0.1) is 25.3 Å². The number of methoxy groups -OCH3 is 1. The van der Waals surface area contributed by atoms with E-state index in [1.54, 1.807) is 31.4 Å². The van der Waals surface area contributed by atoms with Crippen molar-refractivity contribution in [3.63, 3.8) is 0 Å². The molecule has 5 heteroatoms. The van der Waals surface area contributed by atoms with E-state index in [-0.39, 0.29) is 11.9 Å². The summed E-state index contributed by atoms with van der Waals surface area (Å²) >= 11 is 0. The molecule has 0 unspecified atom stereocenters. The molecule has 0 aromatic heterocycles. The number of amides is 1. The van der Waals surface area contributed by atoms with Crippen molar-refractivity contribution in [2.24, 2.45) is 0 Å². The predicted molar refractivity (Wildman–Crippen MR) is 118 cm³/mol. The second-order valence-corrected chi connectivity index (χ2v) is 7.62. The van der Waals surface area contributed by atoms with Crippen molar-refractivity contribution < 1.29 is 14.3 Å². The van der Waals surface area contributed by atoms with Crippen LogP contribution in [0.4, 0.5) is 0 Å². The largest absolute Gasteiger partial charge is 0.493 e. The topological polar surface area (TPSA) is 71.3 Å². The maximum Gasteiger partial charge on any atom is 0.251 e. The summed E-state index contributed by atoms with van der Waals surface area (Å²) in [6.07, 6.45) is 2.35. The SMILES string of the molecule is COc1ccc(C(=O)NC2Cc3ccccc3C2)cc1OCCc1cccc(C#N)c1. The van der Waals surface area contributed by atoms with Crippen molar-refractivity contribution >= 4 is 5.91 Å². The van der Waals surface area contributed by atoms with E-state index in [2.05, 4.69) is 23.5 Å². The maximum absolute atomic E-state index is 12.8. The first-order chi connectivity index (χ1) is 15.2. The molecule has 156 valence electrons. The zero-order chi connectivity index (χ0) is 21.6. The van der Waals surface area contributed by atoms with Gasteiger partial charge in [-0.25, -0.2) is 0 Å². The van der Waals surface area contributed by atoms with Gasteiger partial charge in [0.2, 0.25) is 0 Å². The third-order valence-corrected chi connectivity index (χ3v) is 5.52. The lowest BCUT2D eigenvalue weighted by Gasteiger charge is -2.15. The zero-order valence-electron chi connectivity index (χ0n) is 17.4. The second-order valence-electron chi connectivity index (χ2n) is 7.62. The number of fused-ring (bicyclic) bond motifs is 1. The number of rotatable bonds is 7. The highest BCUT2D eigenvalue weighted by molar-refractivity contribution is 5.95. The summed E-state index contributed by atoms with van der Waals surface area (Å²) in [7, 11) is 1.58. The fraction of sp³-hybridized carbons (Fsp3) is 0.231. The van der Waals surface area contributed by atoms with Crippen molar-refractivity contribution in [1.29, 1.82) is 5.26 Å². The fourth-order valence-corrected chi connectivity index (χ4v) is 3.94. The van der Waals surface area contributed by atoms with Crippen LogP contribution in [0.15, 0.2) is 66.7 Å². The first-order valence-electron chi connectivity index (χ1n) is 10.3. The molecular formula is C26H24N2O3. The number of nitriles is 1. The van der Waals surface area contributed by atoms with Crippen LogP contribution in [-0.2, 0) is 19.3 Å². The number of nitrogens with zero attached hydrogens (tertiary/aromatic N) is 1. The van der Waals surface area contributed by atoms with Crippen molar-refractivity contribution in [3.05, 3.63) is 94.5 Å². The lowest BCUT2D eigenvalue weighted by atomic mass is 10.1. The molecular weight excluding hydrogens is 388 g/mol. The van der Waals surface area contributed by atoms with E-state index >= 15 is 0 Å². The summed E-state index contributed by atoms with van der Waals surface area (Å²) in [6.45, 7) is 0.411. The molecule has 0 saturated carbocycles. The molecule has 1 amide bonds. The van der Waals surface area contributed by atoms with Crippen molar-refractivity contribution in [2.45, 2.75) is 25.3 Å². The molecule has 31 heavy (non-hydrogen) atoms. The number of carbonyl (C=O) groups is 1. The number of carbonyl (C=O) groups excluding carboxylic acids is 1. The summed E-state index contributed by atoms with van der Waals surface area (Å²) in [4.78, 5) is 12.8. The van der Waals surface area contributed by atoms with E-state index in [9.17, 15) is 4.79 Å². The quantitative estimate of drug-likeness (QED) is 0.635. The molecule has 1 aliphatic rings. The average Bonchev–Trinajstić information content (AvgIpc) is 3.21. The summed E-state index contributed by atoms with van der Waals surface area (Å²) in [5.74, 6) is 0.990. The zero-order valence-corrected chi connectivity index (χ0v) is 17.4. The Morgan fingerprint density at radius 1 is 1.03 bits per heavy atom. The summed E-state index contributed by atoms with van der Waals surface area (Å²) in [5, 5.41) is 12.2. The molecule has 0 fully saturated rings. The van der Waals surface area contributed by atoms with Gasteiger partial charge in [0.25, 0.3) is 5.91 Å². The van der Waals surface area contributed by atoms with E-state index in [1.807, 2.05) is 30.3 Å². The van der Waals surface area contributed by atoms with E-state index in [0.717, 1.165) is 18.4 Å². The lowest BCUT2D eigenvalue weighted by Crippen LogP contribution is -2.35. The van der Waals surface area contributed by atoms with Gasteiger partial charge in [-0.2, -0.15) is 5.26 Å². The number of hydrogen-bond donors (Lipinski definition) is 1. The Balaban J connectivity index is 1.39. The Kier molecular flexibility index (Phi) is 6.18. The Morgan fingerprint density at radius 3 is 2.52 bits per heavy atom. The molecule has 4 rings (SSSR count). The molecule has 0 bridgehead atoms. The van der Waals surface area contributed by atoms with Gasteiger partial charge in [-0.15, -0.1) is 0 Å². The van der Waals surface area contributed by atoms with Gasteiger partial charge in [-0.3, -0.25) is 4.79 Å². The van der Waals surface area contributed by atoms with Gasteiger partial charge in [0.15, 0.2) is 11.5 Å². The fourth-order valence-electron chi connectivity index (χ4n) is 3.94. The standard InChI is InChI=1S/C26H24N2O3/c1-30-24-10-9-22(26(29)28-23-14-20-7-2-3-8-21(20)15-23)16-25(24)31-12-11-18-5-4-6-19(13-18)17-27/h2-10,13,16,23H,11-12,14-15H2,1H3,(H,28,29). The molecule has 3 aromatic rings. The Hall–Kier alpha value is -3.78. The number of benzene rings is 3. The van der Waals surface area contributed by atoms with E-state index in [4.69, 9.17) is 14.7 Å². The molecule has 0 atom stereocenters. The van der Waals surface area contributed by atoms with Crippen LogP contribution in [0.25, 0.3) is 0 Å². The predicted octanol–water partition coefficient (Wildman–Crippen LogP) is 4.09. The minimum atomic E-state index is -0.118. The molecule has 5 nitrogen and oxygen atoms in total.